The summed E-state index contributed by atoms with van der Waals surface area (Å²) in [5, 5.41) is 15.1. The Morgan fingerprint density at radius 1 is 1.41 bits per heavy atom. The van der Waals surface area contributed by atoms with Crippen molar-refractivity contribution in [3.8, 4) is 0 Å². The van der Waals surface area contributed by atoms with Crippen molar-refractivity contribution in [2.24, 2.45) is 10.2 Å². The van der Waals surface area contributed by atoms with Crippen LogP contribution in [0.25, 0.3) is 0 Å². The molecule has 0 amide bonds. The molecule has 9 heteroatoms. The summed E-state index contributed by atoms with van der Waals surface area (Å²) in [6.07, 6.45) is 2.08. The summed E-state index contributed by atoms with van der Waals surface area (Å²) in [7, 11) is 1.93. The molecule has 1 N–H and O–H groups in total. The van der Waals surface area contributed by atoms with Crippen LogP contribution in [0.3, 0.4) is 0 Å². The number of hydrogen-bond acceptors (Lipinski definition) is 6. The van der Waals surface area contributed by atoms with Crippen molar-refractivity contribution in [3.05, 3.63) is 62.4 Å². The number of nitrogens with zero attached hydrogens (tertiary/aromatic N) is 5. The van der Waals surface area contributed by atoms with Gasteiger partial charge < -0.3 is 9.80 Å². The van der Waals surface area contributed by atoms with E-state index in [-0.39, 0.29) is 17.0 Å². The average Bonchev–Trinajstić information content (AvgIpc) is 3.06. The summed E-state index contributed by atoms with van der Waals surface area (Å²) >= 11 is 6.12. The highest BCUT2D eigenvalue weighted by Gasteiger charge is 2.33. The topological polar surface area (TPSA) is 77.0 Å². The van der Waals surface area contributed by atoms with E-state index in [0.717, 1.165) is 28.9 Å². The van der Waals surface area contributed by atoms with Crippen LogP contribution in [0, 0.1) is 12.7 Å². The number of hydrogen-bond donors (Lipinski definition) is 1. The van der Waals surface area contributed by atoms with Gasteiger partial charge in [0, 0.05) is 24.9 Å². The van der Waals surface area contributed by atoms with Crippen molar-refractivity contribution in [1.82, 2.24) is 10.2 Å². The smallest absolute Gasteiger partial charge is 0.285 e. The Morgan fingerprint density at radius 3 is 3.00 bits per heavy atom. The Labute approximate surface area is 160 Å². The van der Waals surface area contributed by atoms with Crippen molar-refractivity contribution in [2.45, 2.75) is 19.5 Å². The molecule has 0 saturated carbocycles. The monoisotopic (exact) mass is 388 g/mol. The van der Waals surface area contributed by atoms with Crippen LogP contribution in [0.2, 0.25) is 5.02 Å². The summed E-state index contributed by atoms with van der Waals surface area (Å²) in [5.41, 5.74) is 3.94. The van der Waals surface area contributed by atoms with Gasteiger partial charge in [-0.3, -0.25) is 4.79 Å². The van der Waals surface area contributed by atoms with Gasteiger partial charge in [-0.2, -0.15) is 15.3 Å². The second-order valence-corrected chi connectivity index (χ2v) is 7.05. The van der Waals surface area contributed by atoms with Crippen LogP contribution in [0.4, 0.5) is 15.8 Å². The molecule has 1 unspecified atom stereocenters. The number of rotatable bonds is 3. The van der Waals surface area contributed by atoms with Crippen LogP contribution < -0.4 is 15.4 Å². The normalized spacial score (nSPS) is 18.8. The Morgan fingerprint density at radius 2 is 2.22 bits per heavy atom. The van der Waals surface area contributed by atoms with Gasteiger partial charge in [0.05, 0.1) is 24.1 Å². The van der Waals surface area contributed by atoms with Gasteiger partial charge in [0.2, 0.25) is 0 Å². The molecule has 0 bridgehead atoms. The van der Waals surface area contributed by atoms with Crippen LogP contribution in [-0.2, 0) is 0 Å². The fourth-order valence-corrected chi connectivity index (χ4v) is 3.80. The molecule has 0 fully saturated rings. The first kappa shape index (κ1) is 17.7. The molecule has 0 radical (unpaired) electrons. The maximum absolute atomic E-state index is 13.4. The molecular formula is C18H18ClFN6O. The number of aromatic amines is 1. The molecule has 0 spiro atoms. The Hall–Kier alpha value is -2.74. The number of azo groups is 1. The van der Waals surface area contributed by atoms with Gasteiger partial charge in [-0.05, 0) is 37.1 Å². The van der Waals surface area contributed by atoms with Gasteiger partial charge in [0.15, 0.2) is 6.17 Å². The summed E-state index contributed by atoms with van der Waals surface area (Å²) in [6.45, 7) is 3.07. The molecule has 2 aliphatic rings. The third-order valence-corrected chi connectivity index (χ3v) is 5.35. The van der Waals surface area contributed by atoms with E-state index in [4.69, 9.17) is 11.6 Å². The maximum atomic E-state index is 13.4. The minimum Gasteiger partial charge on any atom is -0.363 e. The lowest BCUT2D eigenvalue weighted by Crippen LogP contribution is -2.37. The number of nitrogens with one attached hydrogen (secondary N) is 1. The largest absolute Gasteiger partial charge is 0.363 e. The number of aryl methyl sites for hydroxylation is 1. The predicted molar refractivity (Wildman–Crippen MR) is 102 cm³/mol. The van der Waals surface area contributed by atoms with Gasteiger partial charge >= 0.3 is 0 Å². The van der Waals surface area contributed by atoms with Gasteiger partial charge in [-0.1, -0.05) is 11.6 Å². The van der Waals surface area contributed by atoms with E-state index >= 15 is 0 Å². The molecule has 0 saturated heterocycles. The average molecular weight is 389 g/mol. The molecule has 1 atom stereocenters. The zero-order valence-corrected chi connectivity index (χ0v) is 15.7. The van der Waals surface area contributed by atoms with Crippen molar-refractivity contribution in [1.29, 1.82) is 0 Å². The molecule has 2 aromatic rings. The summed E-state index contributed by atoms with van der Waals surface area (Å²) < 4.78 is 13.4. The van der Waals surface area contributed by atoms with E-state index < -0.39 is 5.56 Å². The van der Waals surface area contributed by atoms with E-state index in [1.165, 1.54) is 12.1 Å². The molecule has 1 aromatic heterocycles. The molecular weight excluding hydrogens is 371 g/mol. The van der Waals surface area contributed by atoms with Crippen molar-refractivity contribution in [2.75, 3.05) is 29.9 Å². The second-order valence-electron chi connectivity index (χ2n) is 6.67. The van der Waals surface area contributed by atoms with Gasteiger partial charge in [-0.25, -0.2) is 9.49 Å². The summed E-state index contributed by atoms with van der Waals surface area (Å²) in [4.78, 5) is 15.7. The van der Waals surface area contributed by atoms with Crippen LogP contribution in [0.5, 0.6) is 0 Å². The third-order valence-electron chi connectivity index (χ3n) is 4.99. The second kappa shape index (κ2) is 6.77. The molecule has 1 aromatic carbocycles. The Kier molecular flexibility index (Phi) is 4.43. The first-order valence-corrected chi connectivity index (χ1v) is 8.93. The summed E-state index contributed by atoms with van der Waals surface area (Å²) in [6, 6.07) is 4.72. The van der Waals surface area contributed by atoms with Crippen molar-refractivity contribution < 1.29 is 4.39 Å². The first-order valence-electron chi connectivity index (χ1n) is 8.55. The SMILES string of the molecule is Cc1cc(F)ccc1N(C)C1N=NC2=C1CCN(c1cn[nH]c(=O)c1Cl)C2. The van der Waals surface area contributed by atoms with E-state index in [1.807, 2.05) is 23.8 Å². The van der Waals surface area contributed by atoms with Gasteiger partial charge in [0.25, 0.3) is 5.56 Å². The van der Waals surface area contributed by atoms with Gasteiger partial charge in [0.1, 0.15) is 10.8 Å². The molecule has 4 rings (SSSR count). The number of aromatic nitrogens is 2. The van der Waals surface area contributed by atoms with Crippen LogP contribution in [0.1, 0.15) is 12.0 Å². The standard InChI is InChI=1S/C18H18ClFN6O/c1-10-7-11(20)3-4-14(10)25(2)17-12-5-6-26(9-13(12)22-23-17)15-8-21-24-18(27)16(15)19/h3-4,7-8,17H,5-6,9H2,1-2H3,(H,24,27). The lowest BCUT2D eigenvalue weighted by Gasteiger charge is -2.32. The lowest BCUT2D eigenvalue weighted by atomic mass is 10.0. The number of anilines is 2. The van der Waals surface area contributed by atoms with Gasteiger partial charge in [-0.15, -0.1) is 0 Å². The zero-order valence-electron chi connectivity index (χ0n) is 14.9. The van der Waals surface area contributed by atoms with E-state index in [0.29, 0.717) is 18.8 Å². The highest BCUT2D eigenvalue weighted by molar-refractivity contribution is 6.33. The van der Waals surface area contributed by atoms with Crippen LogP contribution in [-0.4, -0.2) is 36.5 Å². The minimum atomic E-state index is -0.411. The number of likely N-dealkylation sites (N-methyl/N-ethyl adjacent to an activating group) is 1. The highest BCUT2D eigenvalue weighted by Crippen LogP contribution is 2.36. The lowest BCUT2D eigenvalue weighted by molar-refractivity contribution is 0.625. The molecule has 140 valence electrons. The van der Waals surface area contributed by atoms with Crippen LogP contribution >= 0.6 is 11.6 Å². The number of halogens is 2. The molecule has 0 aliphatic carbocycles. The van der Waals surface area contributed by atoms with E-state index in [1.54, 1.807) is 12.3 Å². The quantitative estimate of drug-likeness (QED) is 0.875. The molecule has 2 aliphatic heterocycles. The van der Waals surface area contributed by atoms with Crippen molar-refractivity contribution in [3.63, 3.8) is 0 Å². The van der Waals surface area contributed by atoms with E-state index in [9.17, 15) is 9.18 Å². The minimum absolute atomic E-state index is 0.125. The third kappa shape index (κ3) is 3.10. The predicted octanol–water partition coefficient (Wildman–Crippen LogP) is 3.26. The highest BCUT2D eigenvalue weighted by atomic mass is 35.5. The molecule has 3 heterocycles. The number of benzene rings is 1. The van der Waals surface area contributed by atoms with Crippen molar-refractivity contribution >= 4 is 23.0 Å². The number of H-pyrrole nitrogens is 1. The first-order chi connectivity index (χ1) is 13.0. The zero-order chi connectivity index (χ0) is 19.1. The molecule has 27 heavy (non-hydrogen) atoms. The maximum Gasteiger partial charge on any atom is 0.285 e. The Balaban J connectivity index is 1.59. The van der Waals surface area contributed by atoms with E-state index in [2.05, 4.69) is 20.4 Å². The fraction of sp³-hybridized carbons (Fsp3) is 0.333. The molecule has 7 nitrogen and oxygen atoms in total. The Bertz CT molecular complexity index is 1020. The summed E-state index contributed by atoms with van der Waals surface area (Å²) in [5.74, 6) is -0.255. The fourth-order valence-electron chi connectivity index (χ4n) is 3.59. The van der Waals surface area contributed by atoms with Crippen LogP contribution in [0.15, 0.2) is 50.7 Å².